The Morgan fingerprint density at radius 3 is 2.50 bits per heavy atom. The summed E-state index contributed by atoms with van der Waals surface area (Å²) in [5.41, 5.74) is 3.08. The minimum absolute atomic E-state index is 0.581. The first-order valence-electron chi connectivity index (χ1n) is 8.02. The van der Waals surface area contributed by atoms with Crippen molar-refractivity contribution in [2.24, 2.45) is 5.92 Å². The van der Waals surface area contributed by atoms with Crippen molar-refractivity contribution in [2.75, 3.05) is 20.6 Å². The van der Waals surface area contributed by atoms with Crippen molar-refractivity contribution in [1.29, 1.82) is 0 Å². The van der Waals surface area contributed by atoms with Crippen molar-refractivity contribution in [1.82, 2.24) is 10.2 Å². The molecule has 20 heavy (non-hydrogen) atoms. The Morgan fingerprint density at radius 2 is 1.90 bits per heavy atom. The fourth-order valence-electron chi connectivity index (χ4n) is 2.97. The normalized spacial score (nSPS) is 16.9. The Kier molecular flexibility index (Phi) is 5.62. The molecule has 0 saturated heterocycles. The zero-order valence-corrected chi connectivity index (χ0v) is 13.5. The quantitative estimate of drug-likeness (QED) is 0.779. The van der Waals surface area contributed by atoms with Crippen LogP contribution < -0.4 is 5.32 Å². The standard InChI is InChI=1S/C18H30N2/c1-14(2)11-17(13-20(3)4)19-12-16-7-5-6-8-18(16)15-9-10-15/h5-8,14-15,17,19H,9-13H2,1-4H3. The summed E-state index contributed by atoms with van der Waals surface area (Å²) >= 11 is 0. The van der Waals surface area contributed by atoms with E-state index in [1.807, 2.05) is 0 Å². The minimum atomic E-state index is 0.581. The first-order valence-corrected chi connectivity index (χ1v) is 8.02. The van der Waals surface area contributed by atoms with Gasteiger partial charge in [0.15, 0.2) is 0 Å². The van der Waals surface area contributed by atoms with Crippen molar-refractivity contribution < 1.29 is 0 Å². The van der Waals surface area contributed by atoms with E-state index < -0.39 is 0 Å². The van der Waals surface area contributed by atoms with Gasteiger partial charge in [-0.25, -0.2) is 0 Å². The summed E-state index contributed by atoms with van der Waals surface area (Å²) in [5.74, 6) is 1.58. The fourth-order valence-corrected chi connectivity index (χ4v) is 2.97. The molecule has 0 aromatic heterocycles. The van der Waals surface area contributed by atoms with Gasteiger partial charge < -0.3 is 10.2 Å². The SMILES string of the molecule is CC(C)CC(CN(C)C)NCc1ccccc1C1CC1. The van der Waals surface area contributed by atoms with Crippen molar-refractivity contribution in [3.63, 3.8) is 0 Å². The molecule has 1 fully saturated rings. The van der Waals surface area contributed by atoms with Crippen LogP contribution in [0.15, 0.2) is 24.3 Å². The van der Waals surface area contributed by atoms with Crippen LogP contribution in [0, 0.1) is 5.92 Å². The molecule has 1 saturated carbocycles. The first kappa shape index (κ1) is 15.5. The van der Waals surface area contributed by atoms with Gasteiger partial charge >= 0.3 is 0 Å². The average molecular weight is 274 g/mol. The van der Waals surface area contributed by atoms with Gasteiger partial charge in [0.25, 0.3) is 0 Å². The summed E-state index contributed by atoms with van der Waals surface area (Å²) in [6.07, 6.45) is 4.00. The van der Waals surface area contributed by atoms with Gasteiger partial charge in [0, 0.05) is 19.1 Å². The zero-order chi connectivity index (χ0) is 14.5. The van der Waals surface area contributed by atoms with Crippen LogP contribution in [0.2, 0.25) is 0 Å². The number of nitrogens with zero attached hydrogens (tertiary/aromatic N) is 1. The van der Waals surface area contributed by atoms with Crippen molar-refractivity contribution in [3.05, 3.63) is 35.4 Å². The lowest BCUT2D eigenvalue weighted by molar-refractivity contribution is 0.305. The Balaban J connectivity index is 1.94. The summed E-state index contributed by atoms with van der Waals surface area (Å²) in [4.78, 5) is 2.28. The molecule has 2 heteroatoms. The second-order valence-electron chi connectivity index (χ2n) is 6.94. The Bertz CT molecular complexity index is 398. The number of likely N-dealkylation sites (N-methyl/N-ethyl adjacent to an activating group) is 1. The maximum atomic E-state index is 3.78. The topological polar surface area (TPSA) is 15.3 Å². The van der Waals surface area contributed by atoms with Crippen LogP contribution in [0.4, 0.5) is 0 Å². The lowest BCUT2D eigenvalue weighted by atomic mass is 10.0. The molecule has 0 bridgehead atoms. The molecule has 1 atom stereocenters. The van der Waals surface area contributed by atoms with E-state index in [-0.39, 0.29) is 0 Å². The maximum Gasteiger partial charge on any atom is 0.0211 e. The Hall–Kier alpha value is -0.860. The van der Waals surface area contributed by atoms with Crippen molar-refractivity contribution >= 4 is 0 Å². The molecule has 1 aliphatic carbocycles. The van der Waals surface area contributed by atoms with Gasteiger partial charge in [0.2, 0.25) is 0 Å². The molecule has 0 aliphatic heterocycles. The second-order valence-corrected chi connectivity index (χ2v) is 6.94. The smallest absolute Gasteiger partial charge is 0.0211 e. The molecule has 1 unspecified atom stereocenters. The van der Waals surface area contributed by atoms with E-state index in [0.717, 1.165) is 24.9 Å². The van der Waals surface area contributed by atoms with Crippen LogP contribution in [0.5, 0.6) is 0 Å². The molecule has 1 N–H and O–H groups in total. The largest absolute Gasteiger partial charge is 0.309 e. The van der Waals surface area contributed by atoms with E-state index >= 15 is 0 Å². The average Bonchev–Trinajstić information content (AvgIpc) is 3.19. The molecule has 2 nitrogen and oxygen atoms in total. The van der Waals surface area contributed by atoms with E-state index in [1.165, 1.54) is 24.8 Å². The summed E-state index contributed by atoms with van der Waals surface area (Å²) in [6, 6.07) is 9.55. The molecule has 2 rings (SSSR count). The van der Waals surface area contributed by atoms with Crippen LogP contribution in [-0.2, 0) is 6.54 Å². The zero-order valence-electron chi connectivity index (χ0n) is 13.5. The van der Waals surface area contributed by atoms with Crippen LogP contribution in [0.25, 0.3) is 0 Å². The monoisotopic (exact) mass is 274 g/mol. The summed E-state index contributed by atoms with van der Waals surface area (Å²) in [7, 11) is 4.32. The van der Waals surface area contributed by atoms with E-state index in [2.05, 4.69) is 62.4 Å². The van der Waals surface area contributed by atoms with Crippen LogP contribution in [-0.4, -0.2) is 31.6 Å². The van der Waals surface area contributed by atoms with Gasteiger partial charge in [-0.2, -0.15) is 0 Å². The van der Waals surface area contributed by atoms with E-state index in [1.54, 1.807) is 5.56 Å². The highest BCUT2D eigenvalue weighted by atomic mass is 15.1. The van der Waals surface area contributed by atoms with Gasteiger partial charge in [-0.15, -0.1) is 0 Å². The lowest BCUT2D eigenvalue weighted by Crippen LogP contribution is -2.39. The van der Waals surface area contributed by atoms with Gasteiger partial charge in [-0.1, -0.05) is 38.1 Å². The van der Waals surface area contributed by atoms with E-state index in [4.69, 9.17) is 0 Å². The van der Waals surface area contributed by atoms with Crippen LogP contribution >= 0.6 is 0 Å². The molecule has 0 amide bonds. The highest BCUT2D eigenvalue weighted by molar-refractivity contribution is 5.33. The maximum absolute atomic E-state index is 3.78. The molecule has 1 aromatic carbocycles. The molecular formula is C18H30N2. The molecular weight excluding hydrogens is 244 g/mol. The number of hydrogen-bond donors (Lipinski definition) is 1. The first-order chi connectivity index (χ1) is 9.56. The molecule has 1 aromatic rings. The number of rotatable bonds is 8. The minimum Gasteiger partial charge on any atom is -0.309 e. The third-order valence-electron chi connectivity index (χ3n) is 3.99. The van der Waals surface area contributed by atoms with E-state index in [9.17, 15) is 0 Å². The predicted molar refractivity (Wildman–Crippen MR) is 87.1 cm³/mol. The van der Waals surface area contributed by atoms with Gasteiger partial charge in [-0.05, 0) is 56.3 Å². The molecule has 112 valence electrons. The van der Waals surface area contributed by atoms with Gasteiger partial charge in [0.1, 0.15) is 0 Å². The lowest BCUT2D eigenvalue weighted by Gasteiger charge is -2.24. The number of nitrogens with one attached hydrogen (secondary N) is 1. The van der Waals surface area contributed by atoms with Crippen LogP contribution in [0.1, 0.15) is 50.2 Å². The summed E-state index contributed by atoms with van der Waals surface area (Å²) in [6.45, 7) is 6.74. The Morgan fingerprint density at radius 1 is 1.20 bits per heavy atom. The second kappa shape index (κ2) is 7.24. The fraction of sp³-hybridized carbons (Fsp3) is 0.667. The third-order valence-corrected chi connectivity index (χ3v) is 3.99. The molecule has 1 aliphatic rings. The molecule has 0 heterocycles. The highest BCUT2D eigenvalue weighted by Crippen LogP contribution is 2.41. The number of benzene rings is 1. The van der Waals surface area contributed by atoms with Gasteiger partial charge in [0.05, 0.1) is 0 Å². The van der Waals surface area contributed by atoms with Crippen molar-refractivity contribution in [2.45, 2.75) is 51.6 Å². The predicted octanol–water partition coefficient (Wildman–Crippen LogP) is 3.63. The van der Waals surface area contributed by atoms with Crippen molar-refractivity contribution in [3.8, 4) is 0 Å². The molecule has 0 spiro atoms. The van der Waals surface area contributed by atoms with E-state index in [0.29, 0.717) is 6.04 Å². The number of hydrogen-bond acceptors (Lipinski definition) is 2. The Labute approximate surface area is 124 Å². The molecule has 0 radical (unpaired) electrons. The van der Waals surface area contributed by atoms with Gasteiger partial charge in [-0.3, -0.25) is 0 Å². The van der Waals surface area contributed by atoms with Crippen LogP contribution in [0.3, 0.4) is 0 Å². The summed E-state index contributed by atoms with van der Waals surface area (Å²) in [5, 5.41) is 3.78. The third kappa shape index (κ3) is 4.92. The highest BCUT2D eigenvalue weighted by Gasteiger charge is 2.25. The summed E-state index contributed by atoms with van der Waals surface area (Å²) < 4.78 is 0.